The molecule has 3 nitrogen and oxygen atoms in total. The zero-order chi connectivity index (χ0) is 14.9. The van der Waals surface area contributed by atoms with Gasteiger partial charge < -0.3 is 5.32 Å². The molecule has 2 aromatic rings. The summed E-state index contributed by atoms with van der Waals surface area (Å²) in [6.07, 6.45) is 0.772. The van der Waals surface area contributed by atoms with Crippen LogP contribution in [0.3, 0.4) is 0 Å². The second kappa shape index (κ2) is 6.17. The summed E-state index contributed by atoms with van der Waals surface area (Å²) in [5.41, 5.74) is 4.18. The lowest BCUT2D eigenvalue weighted by Gasteiger charge is -2.20. The zero-order valence-electron chi connectivity index (χ0n) is 12.2. The van der Waals surface area contributed by atoms with Gasteiger partial charge in [-0.1, -0.05) is 35.3 Å². The molecule has 2 rings (SSSR count). The molecule has 0 bridgehead atoms. The number of nitrogens with zero attached hydrogens (tertiary/aromatic N) is 2. The molecule has 0 aliphatic carbocycles. The fourth-order valence-corrected chi connectivity index (χ4v) is 2.88. The van der Waals surface area contributed by atoms with Crippen molar-refractivity contribution in [3.05, 3.63) is 50.8 Å². The van der Waals surface area contributed by atoms with Gasteiger partial charge in [-0.05, 0) is 38.1 Å². The Labute approximate surface area is 129 Å². The quantitative estimate of drug-likeness (QED) is 0.929. The van der Waals surface area contributed by atoms with Gasteiger partial charge in [-0.15, -0.1) is 0 Å². The van der Waals surface area contributed by atoms with Crippen molar-refractivity contribution in [1.29, 1.82) is 0 Å². The summed E-state index contributed by atoms with van der Waals surface area (Å²) in [4.78, 5) is 0. The number of nitrogens with one attached hydrogen (secondary N) is 1. The van der Waals surface area contributed by atoms with Gasteiger partial charge >= 0.3 is 0 Å². The number of benzene rings is 1. The molecule has 0 saturated heterocycles. The van der Waals surface area contributed by atoms with E-state index in [4.69, 9.17) is 23.2 Å². The molecule has 0 saturated carbocycles. The molecule has 108 valence electrons. The molecule has 0 radical (unpaired) electrons. The third-order valence-electron chi connectivity index (χ3n) is 3.69. The van der Waals surface area contributed by atoms with Crippen molar-refractivity contribution in [3.63, 3.8) is 0 Å². The number of aromatic nitrogens is 2. The first-order valence-corrected chi connectivity index (χ1v) is 7.31. The highest BCUT2D eigenvalue weighted by Crippen LogP contribution is 2.29. The number of hydrogen-bond acceptors (Lipinski definition) is 2. The molecule has 0 spiro atoms. The van der Waals surface area contributed by atoms with Crippen molar-refractivity contribution in [2.45, 2.75) is 26.3 Å². The summed E-state index contributed by atoms with van der Waals surface area (Å²) in [7, 11) is 3.87. The summed E-state index contributed by atoms with van der Waals surface area (Å²) >= 11 is 12.5. The molecule has 1 N–H and O–H groups in total. The van der Waals surface area contributed by atoms with Crippen molar-refractivity contribution in [2.75, 3.05) is 7.05 Å². The van der Waals surface area contributed by atoms with Crippen molar-refractivity contribution in [2.24, 2.45) is 7.05 Å². The Kier molecular flexibility index (Phi) is 4.74. The maximum atomic E-state index is 6.34. The third-order valence-corrected chi connectivity index (χ3v) is 4.59. The molecule has 0 fully saturated rings. The van der Waals surface area contributed by atoms with Gasteiger partial charge in [0.15, 0.2) is 0 Å². The van der Waals surface area contributed by atoms with Gasteiger partial charge in [-0.3, -0.25) is 4.68 Å². The number of rotatable bonds is 4. The van der Waals surface area contributed by atoms with E-state index in [0.29, 0.717) is 0 Å². The van der Waals surface area contributed by atoms with E-state index in [1.54, 1.807) is 0 Å². The minimum atomic E-state index is 0.154. The fraction of sp³-hybridized carbons (Fsp3) is 0.400. The molecule has 0 aliphatic heterocycles. The van der Waals surface area contributed by atoms with E-state index in [-0.39, 0.29) is 6.04 Å². The van der Waals surface area contributed by atoms with E-state index in [1.807, 2.05) is 44.8 Å². The summed E-state index contributed by atoms with van der Waals surface area (Å²) < 4.78 is 1.85. The van der Waals surface area contributed by atoms with Crippen LogP contribution in [0.4, 0.5) is 0 Å². The zero-order valence-corrected chi connectivity index (χ0v) is 13.7. The lowest BCUT2D eigenvalue weighted by molar-refractivity contribution is 0.559. The van der Waals surface area contributed by atoms with E-state index < -0.39 is 0 Å². The molecule has 1 atom stereocenters. The molecule has 1 aromatic heterocycles. The van der Waals surface area contributed by atoms with E-state index in [2.05, 4.69) is 16.5 Å². The Morgan fingerprint density at radius 3 is 2.55 bits per heavy atom. The van der Waals surface area contributed by atoms with Crippen LogP contribution < -0.4 is 5.32 Å². The van der Waals surface area contributed by atoms with Gasteiger partial charge in [-0.25, -0.2) is 0 Å². The molecular weight excluding hydrogens is 293 g/mol. The first-order valence-electron chi connectivity index (χ1n) is 6.56. The van der Waals surface area contributed by atoms with Crippen molar-refractivity contribution >= 4 is 23.2 Å². The highest BCUT2D eigenvalue weighted by Gasteiger charge is 2.19. The van der Waals surface area contributed by atoms with Gasteiger partial charge in [0.05, 0.1) is 16.4 Å². The lowest BCUT2D eigenvalue weighted by atomic mass is 9.97. The Morgan fingerprint density at radius 1 is 1.30 bits per heavy atom. The van der Waals surface area contributed by atoms with Crippen LogP contribution in [-0.2, 0) is 13.5 Å². The predicted molar refractivity (Wildman–Crippen MR) is 84.6 cm³/mol. The lowest BCUT2D eigenvalue weighted by Crippen LogP contribution is -2.21. The van der Waals surface area contributed by atoms with E-state index >= 15 is 0 Å². The Morgan fingerprint density at radius 2 is 2.00 bits per heavy atom. The van der Waals surface area contributed by atoms with Crippen molar-refractivity contribution < 1.29 is 0 Å². The first kappa shape index (κ1) is 15.4. The van der Waals surface area contributed by atoms with Gasteiger partial charge in [0.2, 0.25) is 0 Å². The molecule has 0 amide bonds. The van der Waals surface area contributed by atoms with Crippen molar-refractivity contribution in [1.82, 2.24) is 15.1 Å². The fourth-order valence-electron chi connectivity index (χ4n) is 2.46. The highest BCUT2D eigenvalue weighted by molar-refractivity contribution is 6.32. The summed E-state index contributed by atoms with van der Waals surface area (Å²) in [6.45, 7) is 3.96. The van der Waals surface area contributed by atoms with Gasteiger partial charge in [0, 0.05) is 24.5 Å². The highest BCUT2D eigenvalue weighted by atomic mass is 35.5. The average molecular weight is 312 g/mol. The molecule has 5 heteroatoms. The minimum absolute atomic E-state index is 0.154. The third kappa shape index (κ3) is 2.85. The van der Waals surface area contributed by atoms with E-state index in [9.17, 15) is 0 Å². The largest absolute Gasteiger partial charge is 0.313 e. The maximum Gasteiger partial charge on any atom is 0.0847 e. The van der Waals surface area contributed by atoms with Crippen molar-refractivity contribution in [3.8, 4) is 0 Å². The minimum Gasteiger partial charge on any atom is -0.313 e. The van der Waals surface area contributed by atoms with Crippen LogP contribution >= 0.6 is 23.2 Å². The van der Waals surface area contributed by atoms with Crippen LogP contribution in [0.15, 0.2) is 18.2 Å². The van der Waals surface area contributed by atoms with Crippen LogP contribution in [0.2, 0.25) is 10.0 Å². The molecule has 20 heavy (non-hydrogen) atoms. The first-order chi connectivity index (χ1) is 9.45. The standard InChI is InChI=1S/C15H19Cl2N3/c1-9-11(6-5-7-12(9)16)13(18-3)8-14-15(17)10(2)19-20(14)4/h5-7,13,18H,8H2,1-4H3. The molecule has 1 heterocycles. The van der Waals surface area contributed by atoms with Crippen LogP contribution in [0.5, 0.6) is 0 Å². The summed E-state index contributed by atoms with van der Waals surface area (Å²) in [5, 5.41) is 9.23. The smallest absolute Gasteiger partial charge is 0.0847 e. The summed E-state index contributed by atoms with van der Waals surface area (Å²) in [5.74, 6) is 0. The monoisotopic (exact) mass is 311 g/mol. The Balaban J connectivity index is 2.36. The van der Waals surface area contributed by atoms with Crippen LogP contribution in [0.1, 0.15) is 28.6 Å². The van der Waals surface area contributed by atoms with E-state index in [1.165, 1.54) is 5.56 Å². The van der Waals surface area contributed by atoms with Gasteiger partial charge in [-0.2, -0.15) is 5.10 Å². The van der Waals surface area contributed by atoms with Crippen LogP contribution in [-0.4, -0.2) is 16.8 Å². The number of hydrogen-bond donors (Lipinski definition) is 1. The van der Waals surface area contributed by atoms with Crippen LogP contribution in [0.25, 0.3) is 0 Å². The average Bonchev–Trinajstić information content (AvgIpc) is 2.65. The molecule has 1 aromatic carbocycles. The number of aryl methyl sites for hydroxylation is 2. The van der Waals surface area contributed by atoms with Gasteiger partial charge in [0.1, 0.15) is 0 Å². The Bertz CT molecular complexity index is 620. The van der Waals surface area contributed by atoms with Gasteiger partial charge in [0.25, 0.3) is 0 Å². The SMILES string of the molecule is CNC(Cc1c(Cl)c(C)nn1C)c1cccc(Cl)c1C. The summed E-state index contributed by atoms with van der Waals surface area (Å²) in [6, 6.07) is 6.14. The second-order valence-electron chi connectivity index (χ2n) is 4.97. The number of halogens is 2. The topological polar surface area (TPSA) is 29.9 Å². The van der Waals surface area contributed by atoms with Crippen LogP contribution in [0, 0.1) is 13.8 Å². The second-order valence-corrected chi connectivity index (χ2v) is 5.75. The Hall–Kier alpha value is -1.03. The molecule has 0 aliphatic rings. The van der Waals surface area contributed by atoms with E-state index in [0.717, 1.165) is 33.4 Å². The molecule has 1 unspecified atom stereocenters. The normalized spacial score (nSPS) is 12.7. The predicted octanol–water partition coefficient (Wildman–Crippen LogP) is 3.85. The molecular formula is C15H19Cl2N3. The maximum absolute atomic E-state index is 6.34. The number of likely N-dealkylation sites (N-methyl/N-ethyl adjacent to an activating group) is 1.